The third-order valence-electron chi connectivity index (χ3n) is 4.86. The summed E-state index contributed by atoms with van der Waals surface area (Å²) >= 11 is 5.93. The van der Waals surface area contributed by atoms with Crippen LogP contribution in [-0.4, -0.2) is 23.9 Å². The highest BCUT2D eigenvalue weighted by Crippen LogP contribution is 2.34. The van der Waals surface area contributed by atoms with E-state index in [0.29, 0.717) is 38.0 Å². The number of hydrogen-bond donors (Lipinski definition) is 1. The number of halogens is 5. The van der Waals surface area contributed by atoms with Gasteiger partial charge in [0.1, 0.15) is 5.82 Å². The summed E-state index contributed by atoms with van der Waals surface area (Å²) in [4.78, 5) is 14.5. The lowest BCUT2D eigenvalue weighted by atomic mass is 9.95. The van der Waals surface area contributed by atoms with Crippen LogP contribution in [0.15, 0.2) is 42.5 Å². The number of nitrogens with zero attached hydrogens (tertiary/aromatic N) is 1. The Bertz CT molecular complexity index is 848. The molecule has 0 spiro atoms. The van der Waals surface area contributed by atoms with E-state index in [4.69, 9.17) is 11.6 Å². The van der Waals surface area contributed by atoms with Gasteiger partial charge in [0.25, 0.3) is 0 Å². The largest absolute Gasteiger partial charge is 0.416 e. The van der Waals surface area contributed by atoms with Crippen molar-refractivity contribution in [3.05, 3.63) is 64.4 Å². The van der Waals surface area contributed by atoms with Crippen molar-refractivity contribution < 1.29 is 22.4 Å². The van der Waals surface area contributed by atoms with Crippen LogP contribution in [-0.2, 0) is 17.5 Å². The molecule has 150 valence electrons. The molecule has 0 aromatic heterocycles. The zero-order chi connectivity index (χ0) is 20.3. The van der Waals surface area contributed by atoms with Crippen LogP contribution < -0.4 is 5.32 Å². The summed E-state index contributed by atoms with van der Waals surface area (Å²) in [5, 5.41) is 2.57. The fourth-order valence-electron chi connectivity index (χ4n) is 3.25. The molecule has 3 rings (SSSR count). The first kappa shape index (κ1) is 20.6. The van der Waals surface area contributed by atoms with Gasteiger partial charge in [-0.15, -0.1) is 0 Å². The van der Waals surface area contributed by atoms with Crippen molar-refractivity contribution in [1.82, 2.24) is 4.90 Å². The molecule has 0 radical (unpaired) electrons. The molecule has 28 heavy (non-hydrogen) atoms. The summed E-state index contributed by atoms with van der Waals surface area (Å²) in [5.41, 5.74) is -0.316. The standard InChI is InChI=1S/C20H19ClF4N2O/c21-16-6-5-15(20(23,24)25)11-18(16)26-19(28)13-7-9-27(10-8-13)12-14-3-1-2-4-17(14)22/h1-6,11,13H,7-10,12H2,(H,26,28). The van der Waals surface area contributed by atoms with Crippen molar-refractivity contribution in [1.29, 1.82) is 0 Å². The van der Waals surface area contributed by atoms with E-state index >= 15 is 0 Å². The van der Waals surface area contributed by atoms with E-state index in [9.17, 15) is 22.4 Å². The Balaban J connectivity index is 1.58. The molecular weight excluding hydrogens is 396 g/mol. The van der Waals surface area contributed by atoms with Crippen LogP contribution in [0.5, 0.6) is 0 Å². The number of anilines is 1. The van der Waals surface area contributed by atoms with Crippen LogP contribution in [0, 0.1) is 11.7 Å². The van der Waals surface area contributed by atoms with E-state index < -0.39 is 11.7 Å². The van der Waals surface area contributed by atoms with Crippen LogP contribution in [0.3, 0.4) is 0 Å². The monoisotopic (exact) mass is 414 g/mol. The molecule has 1 aliphatic heterocycles. The Kier molecular flexibility index (Phi) is 6.25. The summed E-state index contributed by atoms with van der Waals surface area (Å²) in [6, 6.07) is 9.38. The van der Waals surface area contributed by atoms with Gasteiger partial charge in [-0.25, -0.2) is 4.39 Å². The predicted octanol–water partition coefficient (Wildman–Crippen LogP) is 5.35. The van der Waals surface area contributed by atoms with Gasteiger partial charge < -0.3 is 5.32 Å². The van der Waals surface area contributed by atoms with E-state index in [-0.39, 0.29) is 28.4 Å². The quantitative estimate of drug-likeness (QED) is 0.684. The highest BCUT2D eigenvalue weighted by Gasteiger charge is 2.32. The predicted molar refractivity (Wildman–Crippen MR) is 99.5 cm³/mol. The maximum Gasteiger partial charge on any atom is 0.416 e. The number of hydrogen-bond acceptors (Lipinski definition) is 2. The second kappa shape index (κ2) is 8.49. The van der Waals surface area contributed by atoms with E-state index in [1.807, 2.05) is 0 Å². The smallest absolute Gasteiger partial charge is 0.325 e. The van der Waals surface area contributed by atoms with Gasteiger partial charge in [-0.2, -0.15) is 13.2 Å². The molecule has 0 saturated carbocycles. The minimum atomic E-state index is -4.51. The van der Waals surface area contributed by atoms with Gasteiger partial charge in [-0.3, -0.25) is 9.69 Å². The highest BCUT2D eigenvalue weighted by molar-refractivity contribution is 6.33. The number of likely N-dealkylation sites (tertiary alicyclic amines) is 1. The number of rotatable bonds is 4. The third kappa shape index (κ3) is 5.02. The normalized spacial score (nSPS) is 16.2. The zero-order valence-corrected chi connectivity index (χ0v) is 15.7. The Labute approximate surface area is 165 Å². The molecule has 0 bridgehead atoms. The Morgan fingerprint density at radius 2 is 1.82 bits per heavy atom. The first-order valence-electron chi connectivity index (χ1n) is 8.87. The summed E-state index contributed by atoms with van der Waals surface area (Å²) < 4.78 is 52.3. The van der Waals surface area contributed by atoms with Gasteiger partial charge in [0.05, 0.1) is 16.3 Å². The lowest BCUT2D eigenvalue weighted by Crippen LogP contribution is -2.38. The van der Waals surface area contributed by atoms with Crippen LogP contribution in [0.4, 0.5) is 23.2 Å². The first-order valence-corrected chi connectivity index (χ1v) is 9.25. The van der Waals surface area contributed by atoms with Crippen LogP contribution in [0.1, 0.15) is 24.0 Å². The Morgan fingerprint density at radius 1 is 1.14 bits per heavy atom. The Hall–Kier alpha value is -2.12. The molecule has 1 amide bonds. The molecule has 0 atom stereocenters. The molecule has 3 nitrogen and oxygen atoms in total. The number of nitrogens with one attached hydrogen (secondary N) is 1. The number of carbonyl (C=O) groups is 1. The minimum Gasteiger partial charge on any atom is -0.325 e. The first-order chi connectivity index (χ1) is 13.2. The van der Waals surface area contributed by atoms with Crippen molar-refractivity contribution in [2.45, 2.75) is 25.6 Å². The lowest BCUT2D eigenvalue weighted by Gasteiger charge is -2.31. The number of benzene rings is 2. The van der Waals surface area contributed by atoms with Gasteiger partial charge in [-0.1, -0.05) is 29.8 Å². The molecule has 1 aliphatic rings. The lowest BCUT2D eigenvalue weighted by molar-refractivity contribution is -0.137. The topological polar surface area (TPSA) is 32.3 Å². The van der Waals surface area contributed by atoms with Crippen molar-refractivity contribution in [2.24, 2.45) is 5.92 Å². The summed E-state index contributed by atoms with van der Waals surface area (Å²) in [5.74, 6) is -0.948. The number of amides is 1. The molecule has 2 aromatic rings. The van der Waals surface area contributed by atoms with Gasteiger partial charge >= 0.3 is 6.18 Å². The maximum absolute atomic E-state index is 13.8. The number of alkyl halides is 3. The summed E-state index contributed by atoms with van der Waals surface area (Å²) in [6.07, 6.45) is -3.43. The molecule has 8 heteroatoms. The second-order valence-electron chi connectivity index (χ2n) is 6.82. The van der Waals surface area contributed by atoms with E-state index in [0.717, 1.165) is 18.2 Å². The average Bonchev–Trinajstić information content (AvgIpc) is 2.65. The van der Waals surface area contributed by atoms with Gasteiger partial charge in [0.15, 0.2) is 0 Å². The molecule has 0 unspecified atom stereocenters. The summed E-state index contributed by atoms with van der Waals surface area (Å²) in [7, 11) is 0. The van der Waals surface area contributed by atoms with Crippen LogP contribution in [0.25, 0.3) is 0 Å². The Morgan fingerprint density at radius 3 is 2.46 bits per heavy atom. The fourth-order valence-corrected chi connectivity index (χ4v) is 3.42. The van der Waals surface area contributed by atoms with Crippen molar-refractivity contribution in [3.8, 4) is 0 Å². The van der Waals surface area contributed by atoms with Crippen LogP contribution >= 0.6 is 11.6 Å². The highest BCUT2D eigenvalue weighted by atomic mass is 35.5. The minimum absolute atomic E-state index is 0.0460. The molecule has 1 heterocycles. The second-order valence-corrected chi connectivity index (χ2v) is 7.23. The molecule has 1 N–H and O–H groups in total. The van der Waals surface area contributed by atoms with Crippen molar-refractivity contribution in [3.63, 3.8) is 0 Å². The summed E-state index contributed by atoms with van der Waals surface area (Å²) in [6.45, 7) is 1.66. The molecule has 2 aromatic carbocycles. The van der Waals surface area contributed by atoms with Gasteiger partial charge in [-0.05, 0) is 50.2 Å². The average molecular weight is 415 g/mol. The van der Waals surface area contributed by atoms with E-state index in [1.165, 1.54) is 6.07 Å². The van der Waals surface area contributed by atoms with Crippen molar-refractivity contribution in [2.75, 3.05) is 18.4 Å². The molecule has 1 saturated heterocycles. The third-order valence-corrected chi connectivity index (χ3v) is 5.19. The number of piperidine rings is 1. The van der Waals surface area contributed by atoms with Gasteiger partial charge in [0.2, 0.25) is 5.91 Å². The molecule has 1 fully saturated rings. The SMILES string of the molecule is O=C(Nc1cc(C(F)(F)F)ccc1Cl)C1CCN(Cc2ccccc2F)CC1. The van der Waals surface area contributed by atoms with Crippen LogP contribution in [0.2, 0.25) is 5.02 Å². The fraction of sp³-hybridized carbons (Fsp3) is 0.350. The zero-order valence-electron chi connectivity index (χ0n) is 14.9. The van der Waals surface area contributed by atoms with Gasteiger partial charge in [0, 0.05) is 18.0 Å². The molecular formula is C20H19ClF4N2O. The number of carbonyl (C=O) groups excluding carboxylic acids is 1. The van der Waals surface area contributed by atoms with Crippen molar-refractivity contribution >= 4 is 23.2 Å². The maximum atomic E-state index is 13.8. The van der Waals surface area contributed by atoms with E-state index in [1.54, 1.807) is 18.2 Å². The van der Waals surface area contributed by atoms with E-state index in [2.05, 4.69) is 10.2 Å². The molecule has 0 aliphatic carbocycles.